The number of benzene rings is 2. The first-order chi connectivity index (χ1) is 16.6. The van der Waals surface area contributed by atoms with Gasteiger partial charge in [-0.2, -0.15) is 10.2 Å². The number of para-hydroxylation sites is 1. The summed E-state index contributed by atoms with van der Waals surface area (Å²) in [6.45, 7) is 1.72. The molecule has 9 nitrogen and oxygen atoms in total. The van der Waals surface area contributed by atoms with E-state index in [0.29, 0.717) is 42.8 Å². The van der Waals surface area contributed by atoms with Gasteiger partial charge in [0.1, 0.15) is 11.7 Å². The second-order valence-corrected chi connectivity index (χ2v) is 8.51. The zero-order valence-corrected chi connectivity index (χ0v) is 18.2. The molecule has 2 aromatic carbocycles. The molecule has 2 atom stereocenters. The predicted octanol–water partition coefficient (Wildman–Crippen LogP) is 2.85. The number of H-pyrrole nitrogens is 1. The summed E-state index contributed by atoms with van der Waals surface area (Å²) in [5, 5.41) is 12.5. The first kappa shape index (κ1) is 20.3. The average Bonchev–Trinajstić information content (AvgIpc) is 3.13. The highest BCUT2D eigenvalue weighted by Crippen LogP contribution is 2.42. The molecule has 0 saturated heterocycles. The Bertz CT molecular complexity index is 1410. The van der Waals surface area contributed by atoms with Crippen LogP contribution in [0.2, 0.25) is 0 Å². The molecule has 2 unspecified atom stereocenters. The van der Waals surface area contributed by atoms with E-state index < -0.39 is 17.7 Å². The zero-order valence-electron chi connectivity index (χ0n) is 18.2. The van der Waals surface area contributed by atoms with Gasteiger partial charge < -0.3 is 19.7 Å². The van der Waals surface area contributed by atoms with Crippen molar-refractivity contribution in [2.45, 2.75) is 18.8 Å². The van der Waals surface area contributed by atoms with E-state index in [-0.39, 0.29) is 16.9 Å². The lowest BCUT2D eigenvalue weighted by Gasteiger charge is -2.29. The molecule has 1 aromatic heterocycles. The number of hydrogen-bond acceptors (Lipinski definition) is 7. The van der Waals surface area contributed by atoms with Gasteiger partial charge in [-0.1, -0.05) is 24.3 Å². The highest BCUT2D eigenvalue weighted by molar-refractivity contribution is 5.98. The molecule has 1 amide bonds. The Morgan fingerprint density at radius 1 is 1.09 bits per heavy atom. The minimum atomic E-state index is -1.08. The topological polar surface area (TPSA) is 120 Å². The Morgan fingerprint density at radius 3 is 2.76 bits per heavy atom. The fraction of sp³-hybridized carbons (Fsp3) is 0.280. The molecule has 34 heavy (non-hydrogen) atoms. The molecule has 0 saturated carbocycles. The number of ether oxygens (including phenoxy) is 2. The molecule has 3 aliphatic heterocycles. The Kier molecular flexibility index (Phi) is 4.73. The van der Waals surface area contributed by atoms with E-state index in [1.54, 1.807) is 18.2 Å². The number of amides is 1. The number of rotatable bonds is 2. The quantitative estimate of drug-likeness (QED) is 0.610. The average molecular weight is 455 g/mol. The van der Waals surface area contributed by atoms with Crippen LogP contribution in [0.25, 0.3) is 0 Å². The molecule has 3 aromatic rings. The van der Waals surface area contributed by atoms with E-state index in [0.717, 1.165) is 18.5 Å². The summed E-state index contributed by atoms with van der Waals surface area (Å²) in [6, 6.07) is 15.3. The number of aromatic amines is 1. The van der Waals surface area contributed by atoms with Gasteiger partial charge in [0.15, 0.2) is 11.5 Å². The van der Waals surface area contributed by atoms with Crippen LogP contribution in [0.5, 0.6) is 11.5 Å². The number of carbonyl (C=O) groups is 1. The van der Waals surface area contributed by atoms with Gasteiger partial charge in [-0.05, 0) is 35.7 Å². The van der Waals surface area contributed by atoms with Gasteiger partial charge in [0.2, 0.25) is 11.9 Å². The van der Waals surface area contributed by atoms with Crippen molar-refractivity contribution in [1.82, 2.24) is 9.97 Å². The second-order valence-electron chi connectivity index (χ2n) is 8.51. The summed E-state index contributed by atoms with van der Waals surface area (Å²) in [5.74, 6) is -0.684. The molecule has 4 heterocycles. The number of carbonyl (C=O) groups excluding carboxylic acids is 1. The summed E-state index contributed by atoms with van der Waals surface area (Å²) in [5.41, 5.74) is 2.64. The van der Waals surface area contributed by atoms with Crippen molar-refractivity contribution in [3.8, 4) is 17.6 Å². The Balaban J connectivity index is 1.47. The molecular weight excluding hydrogens is 434 g/mol. The monoisotopic (exact) mass is 455 g/mol. The standard InChI is InChI=1S/C25H21N5O4/c26-13-16-20(15-6-7-18-19(12-15)34-11-3-10-33-18)21-22(27-23(16)31)28-25(29-24(21)32)30-9-8-14-4-1-2-5-17(14)30/h1-2,4-7,12,16,20H,3,8-11H2,(H2,27,28,29,31,32). The number of nitrogens with zero attached hydrogens (tertiary/aromatic N) is 3. The maximum Gasteiger partial charge on any atom is 0.258 e. The summed E-state index contributed by atoms with van der Waals surface area (Å²) in [7, 11) is 0. The van der Waals surface area contributed by atoms with Crippen molar-refractivity contribution in [2.24, 2.45) is 5.92 Å². The molecule has 0 radical (unpaired) electrons. The van der Waals surface area contributed by atoms with Gasteiger partial charge in [-0.3, -0.25) is 14.6 Å². The van der Waals surface area contributed by atoms with Crippen LogP contribution >= 0.6 is 0 Å². The third kappa shape index (κ3) is 3.18. The van der Waals surface area contributed by atoms with E-state index in [4.69, 9.17) is 9.47 Å². The summed E-state index contributed by atoms with van der Waals surface area (Å²) in [4.78, 5) is 35.8. The van der Waals surface area contributed by atoms with Crippen molar-refractivity contribution in [3.05, 3.63) is 69.5 Å². The summed E-state index contributed by atoms with van der Waals surface area (Å²) >= 11 is 0. The number of nitrogens with one attached hydrogen (secondary N) is 2. The fourth-order valence-electron chi connectivity index (χ4n) is 4.92. The SMILES string of the molecule is N#CC1C(=O)Nc2nc(N3CCc4ccccc43)[nH]c(=O)c2C1c1ccc2c(c1)OCCCO2. The van der Waals surface area contributed by atoms with E-state index in [2.05, 4.69) is 21.4 Å². The molecule has 6 rings (SSSR count). The van der Waals surface area contributed by atoms with Gasteiger partial charge in [0.25, 0.3) is 5.56 Å². The second kappa shape index (κ2) is 7.92. The summed E-state index contributed by atoms with van der Waals surface area (Å²) in [6.07, 6.45) is 1.59. The molecule has 0 aliphatic carbocycles. The van der Waals surface area contributed by atoms with E-state index in [9.17, 15) is 14.9 Å². The predicted molar refractivity (Wildman–Crippen MR) is 124 cm³/mol. The van der Waals surface area contributed by atoms with Gasteiger partial charge in [0, 0.05) is 24.6 Å². The lowest BCUT2D eigenvalue weighted by Crippen LogP contribution is -2.38. The Morgan fingerprint density at radius 2 is 1.91 bits per heavy atom. The first-order valence-corrected chi connectivity index (χ1v) is 11.2. The normalized spacial score (nSPS) is 20.6. The lowest BCUT2D eigenvalue weighted by atomic mass is 9.79. The van der Waals surface area contributed by atoms with Crippen LogP contribution in [0.3, 0.4) is 0 Å². The van der Waals surface area contributed by atoms with Crippen LogP contribution in [0.15, 0.2) is 47.3 Å². The van der Waals surface area contributed by atoms with E-state index in [1.807, 2.05) is 29.2 Å². The third-order valence-electron chi connectivity index (χ3n) is 6.52. The largest absolute Gasteiger partial charge is 0.490 e. The Hall–Kier alpha value is -4.32. The highest BCUT2D eigenvalue weighted by Gasteiger charge is 2.41. The minimum absolute atomic E-state index is 0.178. The van der Waals surface area contributed by atoms with Gasteiger partial charge >= 0.3 is 0 Å². The molecule has 0 spiro atoms. The molecule has 2 N–H and O–H groups in total. The summed E-state index contributed by atoms with van der Waals surface area (Å²) < 4.78 is 11.5. The number of fused-ring (bicyclic) bond motifs is 3. The van der Waals surface area contributed by atoms with Crippen LogP contribution in [-0.2, 0) is 11.2 Å². The van der Waals surface area contributed by atoms with Crippen molar-refractivity contribution >= 4 is 23.4 Å². The van der Waals surface area contributed by atoms with Crippen molar-refractivity contribution < 1.29 is 14.3 Å². The molecule has 0 fully saturated rings. The zero-order chi connectivity index (χ0) is 23.2. The van der Waals surface area contributed by atoms with Crippen molar-refractivity contribution in [3.63, 3.8) is 0 Å². The molecule has 170 valence electrons. The highest BCUT2D eigenvalue weighted by atomic mass is 16.5. The van der Waals surface area contributed by atoms with Crippen molar-refractivity contribution in [2.75, 3.05) is 30.0 Å². The fourth-order valence-corrected chi connectivity index (χ4v) is 4.92. The van der Waals surface area contributed by atoms with Gasteiger partial charge in [0.05, 0.1) is 24.8 Å². The minimum Gasteiger partial charge on any atom is -0.490 e. The third-order valence-corrected chi connectivity index (χ3v) is 6.52. The van der Waals surface area contributed by atoms with Crippen LogP contribution in [-0.4, -0.2) is 35.6 Å². The van der Waals surface area contributed by atoms with Crippen LogP contribution in [0.1, 0.15) is 29.0 Å². The van der Waals surface area contributed by atoms with Gasteiger partial charge in [-0.15, -0.1) is 0 Å². The number of nitriles is 1. The number of aromatic nitrogens is 2. The molecular formula is C25H21N5O4. The van der Waals surface area contributed by atoms with Crippen molar-refractivity contribution in [1.29, 1.82) is 5.26 Å². The first-order valence-electron chi connectivity index (χ1n) is 11.2. The number of hydrogen-bond donors (Lipinski definition) is 2. The number of anilines is 3. The maximum atomic E-state index is 13.4. The molecule has 3 aliphatic rings. The van der Waals surface area contributed by atoms with Gasteiger partial charge in [-0.25, -0.2) is 0 Å². The van der Waals surface area contributed by atoms with Crippen LogP contribution in [0.4, 0.5) is 17.5 Å². The lowest BCUT2D eigenvalue weighted by molar-refractivity contribution is -0.119. The smallest absolute Gasteiger partial charge is 0.258 e. The van der Waals surface area contributed by atoms with Crippen LogP contribution < -0.4 is 25.2 Å². The maximum absolute atomic E-state index is 13.4. The Labute approximate surface area is 195 Å². The van der Waals surface area contributed by atoms with E-state index >= 15 is 0 Å². The molecule has 0 bridgehead atoms. The van der Waals surface area contributed by atoms with Crippen LogP contribution in [0, 0.1) is 17.2 Å². The molecule has 9 heteroatoms. The van der Waals surface area contributed by atoms with E-state index in [1.165, 1.54) is 5.56 Å².